The van der Waals surface area contributed by atoms with E-state index in [2.05, 4.69) is 138 Å². The molecule has 3 saturated heterocycles. The molecular weight excluding hydrogens is 681 g/mol. The first kappa shape index (κ1) is 41.0. The summed E-state index contributed by atoms with van der Waals surface area (Å²) >= 11 is 0. The molecule has 7 rings (SSSR count). The van der Waals surface area contributed by atoms with Gasteiger partial charge in [-0.25, -0.2) is 0 Å². The molecule has 0 amide bonds. The standard InChI is InChI=1S/C26H34B2O4.C20H23BO2/c1-23(2)24(3,4)30-27(29-23)21(19-15-11-9-12-16-19)22(20-17-13-10-14-18-20)28-31-25(5,6)26(7,8)32-28;1-19(2)20(3,4)23-21(22-19)18(17-13-9-6-10-14-17)15-16-11-7-5-8-12-16/h9-18H,1-8H3;5-15H,1-4H3/b22-21-;18-15+. The molecule has 3 aliphatic heterocycles. The molecule has 3 aliphatic rings. The van der Waals surface area contributed by atoms with Crippen LogP contribution in [-0.4, -0.2) is 55.0 Å². The lowest BCUT2D eigenvalue weighted by molar-refractivity contribution is 0.00578. The van der Waals surface area contributed by atoms with Gasteiger partial charge in [0.15, 0.2) is 0 Å². The molecule has 0 unspecified atom stereocenters. The third-order valence-corrected chi connectivity index (χ3v) is 12.2. The Bertz CT molecular complexity index is 1840. The molecule has 4 aromatic carbocycles. The van der Waals surface area contributed by atoms with Gasteiger partial charge in [0.25, 0.3) is 0 Å². The Labute approximate surface area is 331 Å². The maximum Gasteiger partial charge on any atom is 0.495 e. The van der Waals surface area contributed by atoms with E-state index < -0.39 is 36.6 Å². The lowest BCUT2D eigenvalue weighted by Crippen LogP contribution is -2.41. The minimum absolute atomic E-state index is 0.345. The van der Waals surface area contributed by atoms with Crippen LogP contribution in [0.2, 0.25) is 0 Å². The van der Waals surface area contributed by atoms with Crippen molar-refractivity contribution in [2.24, 2.45) is 0 Å². The fourth-order valence-electron chi connectivity index (χ4n) is 6.61. The zero-order valence-corrected chi connectivity index (χ0v) is 34.8. The number of hydrogen-bond donors (Lipinski definition) is 0. The van der Waals surface area contributed by atoms with E-state index in [4.69, 9.17) is 27.9 Å². The summed E-state index contributed by atoms with van der Waals surface area (Å²) in [7, 11) is -1.49. The Morgan fingerprint density at radius 3 is 0.909 bits per heavy atom. The average molecular weight is 738 g/mol. The quantitative estimate of drug-likeness (QED) is 0.139. The second-order valence-corrected chi connectivity index (χ2v) is 17.7. The Balaban J connectivity index is 0.000000197. The number of benzene rings is 4. The second kappa shape index (κ2) is 15.3. The van der Waals surface area contributed by atoms with Gasteiger partial charge in [-0.05, 0) is 122 Å². The lowest BCUT2D eigenvalue weighted by Gasteiger charge is -2.32. The highest BCUT2D eigenvalue weighted by atomic mass is 16.7. The smallest absolute Gasteiger partial charge is 0.399 e. The third kappa shape index (κ3) is 8.53. The summed E-state index contributed by atoms with van der Waals surface area (Å²) in [5.41, 5.74) is 4.70. The molecule has 0 saturated carbocycles. The molecule has 0 bridgehead atoms. The van der Waals surface area contributed by atoms with Crippen molar-refractivity contribution >= 4 is 43.8 Å². The summed E-state index contributed by atoms with van der Waals surface area (Å²) in [5.74, 6) is 0. The molecule has 0 N–H and O–H groups in total. The van der Waals surface area contributed by atoms with Gasteiger partial charge >= 0.3 is 21.4 Å². The number of hydrogen-bond acceptors (Lipinski definition) is 6. The number of rotatable bonds is 7. The van der Waals surface area contributed by atoms with Crippen LogP contribution < -0.4 is 0 Å². The molecule has 9 heteroatoms. The van der Waals surface area contributed by atoms with E-state index in [9.17, 15) is 0 Å². The Morgan fingerprint density at radius 2 is 0.600 bits per heavy atom. The molecule has 0 aliphatic carbocycles. The monoisotopic (exact) mass is 738 g/mol. The Hall–Kier alpha value is -3.69. The van der Waals surface area contributed by atoms with E-state index in [1.165, 1.54) is 0 Å². The minimum Gasteiger partial charge on any atom is -0.399 e. The highest BCUT2D eigenvalue weighted by Crippen LogP contribution is 2.47. The van der Waals surface area contributed by atoms with E-state index in [-0.39, 0.29) is 18.3 Å². The van der Waals surface area contributed by atoms with Gasteiger partial charge in [0.2, 0.25) is 0 Å². The topological polar surface area (TPSA) is 55.4 Å². The Morgan fingerprint density at radius 1 is 0.345 bits per heavy atom. The van der Waals surface area contributed by atoms with Crippen LogP contribution in [-0.2, 0) is 27.9 Å². The van der Waals surface area contributed by atoms with Crippen LogP contribution in [0.4, 0.5) is 0 Å². The average Bonchev–Trinajstić information content (AvgIpc) is 3.59. The molecule has 55 heavy (non-hydrogen) atoms. The van der Waals surface area contributed by atoms with Crippen molar-refractivity contribution in [3.8, 4) is 0 Å². The van der Waals surface area contributed by atoms with Crippen LogP contribution in [0.15, 0.2) is 121 Å². The van der Waals surface area contributed by atoms with Crippen LogP contribution in [0.25, 0.3) is 22.5 Å². The normalized spacial score (nSPS) is 22.2. The molecule has 6 nitrogen and oxygen atoms in total. The van der Waals surface area contributed by atoms with Crippen LogP contribution in [0.5, 0.6) is 0 Å². The maximum absolute atomic E-state index is 6.56. The molecule has 4 aromatic rings. The van der Waals surface area contributed by atoms with Crippen molar-refractivity contribution in [2.75, 3.05) is 0 Å². The van der Waals surface area contributed by atoms with Crippen LogP contribution in [0, 0.1) is 0 Å². The van der Waals surface area contributed by atoms with Crippen molar-refractivity contribution in [3.63, 3.8) is 0 Å². The van der Waals surface area contributed by atoms with E-state index >= 15 is 0 Å². The summed E-state index contributed by atoms with van der Waals surface area (Å²) in [6.45, 7) is 24.9. The molecule has 286 valence electrons. The van der Waals surface area contributed by atoms with Gasteiger partial charge in [0.1, 0.15) is 0 Å². The predicted molar refractivity (Wildman–Crippen MR) is 229 cm³/mol. The van der Waals surface area contributed by atoms with Crippen molar-refractivity contribution in [3.05, 3.63) is 144 Å². The summed E-state index contributed by atoms with van der Waals surface area (Å²) in [6, 6.07) is 41.1. The largest absolute Gasteiger partial charge is 0.495 e. The van der Waals surface area contributed by atoms with Crippen LogP contribution in [0.1, 0.15) is 105 Å². The second-order valence-electron chi connectivity index (χ2n) is 17.7. The molecule has 0 radical (unpaired) electrons. The zero-order chi connectivity index (χ0) is 39.9. The van der Waals surface area contributed by atoms with E-state index in [0.717, 1.165) is 38.7 Å². The first-order valence-corrected chi connectivity index (χ1v) is 19.5. The van der Waals surface area contributed by atoms with Crippen molar-refractivity contribution in [2.45, 2.75) is 117 Å². The maximum atomic E-state index is 6.56. The first-order chi connectivity index (χ1) is 25.7. The minimum atomic E-state index is -0.559. The van der Waals surface area contributed by atoms with Gasteiger partial charge in [-0.3, -0.25) is 0 Å². The van der Waals surface area contributed by atoms with Crippen molar-refractivity contribution in [1.29, 1.82) is 0 Å². The SMILES string of the molecule is CC1(C)OB(/C(=C(\B2OC(C)(C)C(C)(C)O2)c2ccccc2)c2ccccc2)OC1(C)C.CC1(C)OB(/C(=C/c2ccccc2)c2ccccc2)OC1(C)C. The van der Waals surface area contributed by atoms with Crippen molar-refractivity contribution in [1.82, 2.24) is 0 Å². The third-order valence-electron chi connectivity index (χ3n) is 12.2. The summed E-state index contributed by atoms with van der Waals surface area (Å²) in [6.07, 6.45) is 2.15. The molecular formula is C46H57B3O6. The van der Waals surface area contributed by atoms with Crippen LogP contribution in [0.3, 0.4) is 0 Å². The highest BCUT2D eigenvalue weighted by Gasteiger charge is 2.57. The fraction of sp³-hybridized carbons (Fsp3) is 0.391. The first-order valence-electron chi connectivity index (χ1n) is 19.5. The van der Waals surface area contributed by atoms with E-state index in [1.54, 1.807) is 0 Å². The van der Waals surface area contributed by atoms with Gasteiger partial charge in [0, 0.05) is 0 Å². The summed E-state index contributed by atoms with van der Waals surface area (Å²) in [5, 5.41) is 0. The molecule has 3 fully saturated rings. The molecule has 3 heterocycles. The van der Waals surface area contributed by atoms with Gasteiger partial charge in [0.05, 0.1) is 33.6 Å². The summed E-state index contributed by atoms with van der Waals surface area (Å²) < 4.78 is 38.7. The van der Waals surface area contributed by atoms with E-state index in [1.807, 2.05) is 72.8 Å². The predicted octanol–water partition coefficient (Wildman–Crippen LogP) is 10.7. The van der Waals surface area contributed by atoms with Crippen molar-refractivity contribution < 1.29 is 27.9 Å². The van der Waals surface area contributed by atoms with Crippen LogP contribution >= 0.6 is 0 Å². The lowest BCUT2D eigenvalue weighted by atomic mass is 9.60. The van der Waals surface area contributed by atoms with Gasteiger partial charge < -0.3 is 27.9 Å². The molecule has 0 atom stereocenters. The van der Waals surface area contributed by atoms with Gasteiger partial charge in [-0.2, -0.15) is 0 Å². The van der Waals surface area contributed by atoms with Gasteiger partial charge in [-0.15, -0.1) is 0 Å². The summed E-state index contributed by atoms with van der Waals surface area (Å²) in [4.78, 5) is 0. The zero-order valence-electron chi connectivity index (χ0n) is 34.8. The highest BCUT2D eigenvalue weighted by molar-refractivity contribution is 6.82. The Kier molecular flexibility index (Phi) is 11.4. The molecule has 0 aromatic heterocycles. The van der Waals surface area contributed by atoms with Gasteiger partial charge in [-0.1, -0.05) is 127 Å². The van der Waals surface area contributed by atoms with E-state index in [0.29, 0.717) is 0 Å². The fourth-order valence-corrected chi connectivity index (χ4v) is 6.61. The molecule has 0 spiro atoms.